The van der Waals surface area contributed by atoms with Gasteiger partial charge in [-0.2, -0.15) is 0 Å². The maximum absolute atomic E-state index is 12.2. The quantitative estimate of drug-likeness (QED) is 0.341. The van der Waals surface area contributed by atoms with Crippen molar-refractivity contribution in [2.24, 2.45) is 0 Å². The van der Waals surface area contributed by atoms with Crippen molar-refractivity contribution in [1.82, 2.24) is 0 Å². The molecule has 0 aliphatic carbocycles. The standard InChI is InChI=1S/C20H16Cl2O4/c1-2-3-13-10-20(24)26-18-11-14(5-6-15(13)18)25-19(23)9-12-4-7-16(21)17(22)8-12/h4-8,10-11H,2-3,9H2,1H3. The number of aryl methyl sites for hydroxylation is 1. The van der Waals surface area contributed by atoms with E-state index in [0.29, 0.717) is 26.9 Å². The third kappa shape index (κ3) is 4.26. The van der Waals surface area contributed by atoms with E-state index < -0.39 is 11.6 Å². The van der Waals surface area contributed by atoms with Crippen LogP contribution in [0.4, 0.5) is 0 Å². The lowest BCUT2D eigenvalue weighted by Gasteiger charge is -2.08. The Bertz CT molecular complexity index is 1020. The molecular formula is C20H16Cl2O4. The monoisotopic (exact) mass is 390 g/mol. The Labute approximate surface area is 160 Å². The van der Waals surface area contributed by atoms with Crippen LogP contribution < -0.4 is 10.4 Å². The second-order valence-corrected chi connectivity index (χ2v) is 6.71. The number of hydrogen-bond acceptors (Lipinski definition) is 4. The molecule has 3 rings (SSSR count). The summed E-state index contributed by atoms with van der Waals surface area (Å²) < 4.78 is 10.6. The average Bonchev–Trinajstić information content (AvgIpc) is 2.58. The summed E-state index contributed by atoms with van der Waals surface area (Å²) in [5, 5.41) is 1.65. The van der Waals surface area contributed by atoms with Crippen LogP contribution in [0.15, 0.2) is 51.7 Å². The minimum Gasteiger partial charge on any atom is -0.426 e. The molecule has 0 atom stereocenters. The minimum atomic E-state index is -0.449. The van der Waals surface area contributed by atoms with Crippen molar-refractivity contribution in [2.45, 2.75) is 26.2 Å². The largest absolute Gasteiger partial charge is 0.426 e. The van der Waals surface area contributed by atoms with Gasteiger partial charge in [0, 0.05) is 17.5 Å². The highest BCUT2D eigenvalue weighted by Gasteiger charge is 2.11. The first-order valence-corrected chi connectivity index (χ1v) is 8.93. The van der Waals surface area contributed by atoms with Gasteiger partial charge >= 0.3 is 11.6 Å². The maximum atomic E-state index is 12.2. The first kappa shape index (κ1) is 18.5. The molecule has 0 saturated carbocycles. The minimum absolute atomic E-state index is 0.0503. The van der Waals surface area contributed by atoms with Crippen molar-refractivity contribution in [3.63, 3.8) is 0 Å². The van der Waals surface area contributed by atoms with Gasteiger partial charge in [-0.05, 0) is 41.8 Å². The molecule has 0 fully saturated rings. The summed E-state index contributed by atoms with van der Waals surface area (Å²) in [5.74, 6) is -0.130. The molecule has 0 spiro atoms. The van der Waals surface area contributed by atoms with Gasteiger partial charge in [-0.15, -0.1) is 0 Å². The Morgan fingerprint density at radius 1 is 1.08 bits per heavy atom. The normalized spacial score (nSPS) is 10.9. The second kappa shape index (κ2) is 7.94. The third-order valence-corrected chi connectivity index (χ3v) is 4.62. The molecule has 134 valence electrons. The molecular weight excluding hydrogens is 375 g/mol. The van der Waals surface area contributed by atoms with Crippen LogP contribution in [-0.4, -0.2) is 5.97 Å². The number of carbonyl (C=O) groups excluding carboxylic acids is 1. The van der Waals surface area contributed by atoms with Gasteiger partial charge in [0.05, 0.1) is 16.5 Å². The molecule has 6 heteroatoms. The molecule has 0 radical (unpaired) electrons. The molecule has 26 heavy (non-hydrogen) atoms. The average molecular weight is 391 g/mol. The van der Waals surface area contributed by atoms with Crippen LogP contribution >= 0.6 is 23.2 Å². The maximum Gasteiger partial charge on any atom is 0.336 e. The first-order chi connectivity index (χ1) is 12.5. The number of ether oxygens (including phenoxy) is 1. The summed E-state index contributed by atoms with van der Waals surface area (Å²) in [6.45, 7) is 2.04. The molecule has 1 heterocycles. The molecule has 0 amide bonds. The first-order valence-electron chi connectivity index (χ1n) is 8.17. The highest BCUT2D eigenvalue weighted by atomic mass is 35.5. The van der Waals surface area contributed by atoms with Gasteiger partial charge in [0.15, 0.2) is 0 Å². The fourth-order valence-electron chi connectivity index (χ4n) is 2.73. The van der Waals surface area contributed by atoms with E-state index in [1.165, 1.54) is 6.07 Å². The van der Waals surface area contributed by atoms with E-state index >= 15 is 0 Å². The highest BCUT2D eigenvalue weighted by molar-refractivity contribution is 6.42. The highest BCUT2D eigenvalue weighted by Crippen LogP contribution is 2.25. The molecule has 0 aliphatic heterocycles. The number of hydrogen-bond donors (Lipinski definition) is 0. The van der Waals surface area contributed by atoms with Crippen molar-refractivity contribution >= 4 is 40.1 Å². The molecule has 0 aliphatic rings. The Kier molecular flexibility index (Phi) is 5.64. The van der Waals surface area contributed by atoms with Crippen LogP contribution in [0.5, 0.6) is 5.75 Å². The summed E-state index contributed by atoms with van der Waals surface area (Å²) in [4.78, 5) is 23.9. The van der Waals surface area contributed by atoms with Crippen LogP contribution in [0, 0.1) is 0 Å². The number of fused-ring (bicyclic) bond motifs is 1. The number of carbonyl (C=O) groups is 1. The molecule has 1 aromatic heterocycles. The van der Waals surface area contributed by atoms with Crippen LogP contribution in [0.2, 0.25) is 10.0 Å². The zero-order valence-electron chi connectivity index (χ0n) is 14.1. The van der Waals surface area contributed by atoms with Gasteiger partial charge < -0.3 is 9.15 Å². The van der Waals surface area contributed by atoms with Crippen molar-refractivity contribution in [2.75, 3.05) is 0 Å². The van der Waals surface area contributed by atoms with Gasteiger partial charge in [0.2, 0.25) is 0 Å². The number of rotatable bonds is 5. The van der Waals surface area contributed by atoms with E-state index in [1.54, 1.807) is 36.4 Å². The van der Waals surface area contributed by atoms with Gasteiger partial charge in [0.1, 0.15) is 11.3 Å². The van der Waals surface area contributed by atoms with Crippen LogP contribution in [0.1, 0.15) is 24.5 Å². The Morgan fingerprint density at radius 2 is 1.88 bits per heavy atom. The van der Waals surface area contributed by atoms with E-state index in [9.17, 15) is 9.59 Å². The lowest BCUT2D eigenvalue weighted by atomic mass is 10.1. The zero-order valence-corrected chi connectivity index (χ0v) is 15.6. The summed E-state index contributed by atoms with van der Waals surface area (Å²) in [7, 11) is 0. The Hall–Kier alpha value is -2.30. The van der Waals surface area contributed by atoms with E-state index in [0.717, 1.165) is 23.8 Å². The molecule has 3 aromatic rings. The van der Waals surface area contributed by atoms with Crippen molar-refractivity contribution in [3.05, 3.63) is 74.1 Å². The predicted octanol–water partition coefficient (Wildman–Crippen LogP) is 5.20. The summed E-state index contributed by atoms with van der Waals surface area (Å²) in [6, 6.07) is 11.5. The van der Waals surface area contributed by atoms with E-state index in [1.807, 2.05) is 6.92 Å². The van der Waals surface area contributed by atoms with Crippen molar-refractivity contribution in [3.8, 4) is 5.75 Å². The fraction of sp³-hybridized carbons (Fsp3) is 0.200. The van der Waals surface area contributed by atoms with Gasteiger partial charge in [0.25, 0.3) is 0 Å². The van der Waals surface area contributed by atoms with E-state index in [2.05, 4.69) is 0 Å². The molecule has 2 aromatic carbocycles. The van der Waals surface area contributed by atoms with E-state index in [4.69, 9.17) is 32.4 Å². The molecule has 0 N–H and O–H groups in total. The summed E-state index contributed by atoms with van der Waals surface area (Å²) in [5.41, 5.74) is 1.61. The smallest absolute Gasteiger partial charge is 0.336 e. The SMILES string of the molecule is CCCc1cc(=O)oc2cc(OC(=O)Cc3ccc(Cl)c(Cl)c3)ccc12. The third-order valence-electron chi connectivity index (χ3n) is 3.89. The lowest BCUT2D eigenvalue weighted by molar-refractivity contribution is -0.133. The molecule has 4 nitrogen and oxygen atoms in total. The Morgan fingerprint density at radius 3 is 2.62 bits per heavy atom. The predicted molar refractivity (Wildman–Crippen MR) is 102 cm³/mol. The number of esters is 1. The zero-order chi connectivity index (χ0) is 18.7. The lowest BCUT2D eigenvalue weighted by Crippen LogP contribution is -2.11. The summed E-state index contributed by atoms with van der Waals surface area (Å²) in [6.07, 6.45) is 1.74. The van der Waals surface area contributed by atoms with Crippen molar-refractivity contribution in [1.29, 1.82) is 0 Å². The van der Waals surface area contributed by atoms with Gasteiger partial charge in [-0.25, -0.2) is 4.79 Å². The molecule has 0 bridgehead atoms. The number of halogens is 2. The van der Waals surface area contributed by atoms with Crippen LogP contribution in [-0.2, 0) is 17.6 Å². The van der Waals surface area contributed by atoms with Crippen LogP contribution in [0.25, 0.3) is 11.0 Å². The fourth-order valence-corrected chi connectivity index (χ4v) is 3.05. The summed E-state index contributed by atoms with van der Waals surface area (Å²) >= 11 is 11.8. The van der Waals surface area contributed by atoms with Gasteiger partial charge in [-0.3, -0.25) is 4.79 Å². The molecule has 0 unspecified atom stereocenters. The van der Waals surface area contributed by atoms with Crippen molar-refractivity contribution < 1.29 is 13.9 Å². The van der Waals surface area contributed by atoms with Crippen LogP contribution in [0.3, 0.4) is 0 Å². The molecule has 0 saturated heterocycles. The number of benzene rings is 2. The van der Waals surface area contributed by atoms with E-state index in [-0.39, 0.29) is 6.42 Å². The second-order valence-electron chi connectivity index (χ2n) is 5.90. The topological polar surface area (TPSA) is 56.5 Å². The van der Waals surface area contributed by atoms with Gasteiger partial charge in [-0.1, -0.05) is 42.6 Å². The Balaban J connectivity index is 1.81.